The van der Waals surface area contributed by atoms with Gasteiger partial charge in [0, 0.05) is 18.4 Å². The van der Waals surface area contributed by atoms with E-state index in [0.717, 1.165) is 5.16 Å². The molecule has 0 fully saturated rings. The van der Waals surface area contributed by atoms with Gasteiger partial charge in [-0.3, -0.25) is 4.79 Å². The summed E-state index contributed by atoms with van der Waals surface area (Å²) in [6.07, 6.45) is 3.54. The Hall–Kier alpha value is -0.970. The van der Waals surface area contributed by atoms with Gasteiger partial charge in [0.05, 0.1) is 5.75 Å². The minimum atomic E-state index is -0.816. The van der Waals surface area contributed by atoms with Gasteiger partial charge in [0.1, 0.15) is 0 Å². The first-order valence-electron chi connectivity index (χ1n) is 3.98. The molecule has 4 nitrogen and oxygen atoms in total. The predicted octanol–water partition coefficient (Wildman–Crippen LogP) is 1.64. The van der Waals surface area contributed by atoms with Crippen LogP contribution in [0.1, 0.15) is 19.9 Å². The monoisotopic (exact) mass is 200 g/mol. The first-order valence-corrected chi connectivity index (χ1v) is 4.97. The molecule has 0 radical (unpaired) electrons. The number of carboxylic acid groups (broad SMARTS) is 1. The molecule has 1 rings (SSSR count). The quantitative estimate of drug-likeness (QED) is 0.751. The molecule has 0 unspecified atom stereocenters. The largest absolute Gasteiger partial charge is 0.481 e. The third-order valence-corrected chi connectivity index (χ3v) is 2.48. The summed E-state index contributed by atoms with van der Waals surface area (Å²) in [6, 6.07) is 0.318. The zero-order valence-corrected chi connectivity index (χ0v) is 8.41. The Kier molecular flexibility index (Phi) is 3.36. The molecule has 1 N–H and O–H groups in total. The van der Waals surface area contributed by atoms with Gasteiger partial charge in [-0.05, 0) is 13.8 Å². The van der Waals surface area contributed by atoms with Gasteiger partial charge in [-0.1, -0.05) is 11.8 Å². The van der Waals surface area contributed by atoms with E-state index in [0.29, 0.717) is 6.04 Å². The fourth-order valence-electron chi connectivity index (χ4n) is 0.930. The van der Waals surface area contributed by atoms with Crippen molar-refractivity contribution in [3.8, 4) is 0 Å². The summed E-state index contributed by atoms with van der Waals surface area (Å²) in [5.74, 6) is -0.757. The van der Waals surface area contributed by atoms with Gasteiger partial charge in [0.25, 0.3) is 0 Å². The molecule has 13 heavy (non-hydrogen) atoms. The van der Waals surface area contributed by atoms with Crippen molar-refractivity contribution in [2.24, 2.45) is 0 Å². The summed E-state index contributed by atoms with van der Waals surface area (Å²) >= 11 is 1.24. The molecule has 1 heterocycles. The second kappa shape index (κ2) is 4.32. The van der Waals surface area contributed by atoms with Crippen molar-refractivity contribution in [3.63, 3.8) is 0 Å². The first kappa shape index (κ1) is 10.1. The van der Waals surface area contributed by atoms with Crippen LogP contribution in [0.5, 0.6) is 0 Å². The lowest BCUT2D eigenvalue weighted by Crippen LogP contribution is -2.04. The molecule has 72 valence electrons. The molecule has 0 spiro atoms. The maximum absolute atomic E-state index is 10.3. The van der Waals surface area contributed by atoms with Crippen LogP contribution >= 0.6 is 11.8 Å². The average molecular weight is 200 g/mol. The molecule has 0 aliphatic rings. The maximum atomic E-state index is 10.3. The van der Waals surface area contributed by atoms with Crippen molar-refractivity contribution >= 4 is 17.7 Å². The number of thioether (sulfide) groups is 1. The maximum Gasteiger partial charge on any atom is 0.313 e. The Balaban J connectivity index is 2.65. The molecule has 1 aromatic rings. The fraction of sp³-hybridized carbons (Fsp3) is 0.500. The lowest BCUT2D eigenvalue weighted by atomic mass is 10.4. The zero-order valence-electron chi connectivity index (χ0n) is 7.60. The standard InChI is InChI=1S/C8H12N2O2S/c1-6(2)10-4-3-9-8(10)13-5-7(11)12/h3-4,6H,5H2,1-2H3,(H,11,12). The topological polar surface area (TPSA) is 55.1 Å². The van der Waals surface area contributed by atoms with Gasteiger partial charge in [-0.25, -0.2) is 4.98 Å². The van der Waals surface area contributed by atoms with Gasteiger partial charge < -0.3 is 9.67 Å². The van der Waals surface area contributed by atoms with Gasteiger partial charge in [0.15, 0.2) is 5.16 Å². The van der Waals surface area contributed by atoms with Gasteiger partial charge in [-0.2, -0.15) is 0 Å². The molecule has 0 bridgehead atoms. The Morgan fingerprint density at radius 1 is 1.77 bits per heavy atom. The number of carbonyl (C=O) groups is 1. The summed E-state index contributed by atoms with van der Waals surface area (Å²) in [5.41, 5.74) is 0. The second-order valence-corrected chi connectivity index (χ2v) is 3.84. The van der Waals surface area contributed by atoms with E-state index in [1.54, 1.807) is 6.20 Å². The van der Waals surface area contributed by atoms with Crippen LogP contribution in [0.25, 0.3) is 0 Å². The van der Waals surface area contributed by atoms with Gasteiger partial charge >= 0.3 is 5.97 Å². The molecule has 0 aromatic carbocycles. The number of aliphatic carboxylic acids is 1. The molecule has 0 amide bonds. The van der Waals surface area contributed by atoms with E-state index in [1.165, 1.54) is 11.8 Å². The van der Waals surface area contributed by atoms with Crippen LogP contribution in [-0.2, 0) is 4.79 Å². The SMILES string of the molecule is CC(C)n1ccnc1SCC(=O)O. The van der Waals surface area contributed by atoms with Crippen LogP contribution in [0.3, 0.4) is 0 Å². The normalized spacial score (nSPS) is 10.7. The molecule has 5 heteroatoms. The summed E-state index contributed by atoms with van der Waals surface area (Å²) in [4.78, 5) is 14.4. The summed E-state index contributed by atoms with van der Waals surface area (Å²) in [5, 5.41) is 9.25. The number of nitrogens with zero attached hydrogens (tertiary/aromatic N) is 2. The first-order chi connectivity index (χ1) is 6.11. The van der Waals surface area contributed by atoms with Crippen molar-refractivity contribution in [3.05, 3.63) is 12.4 Å². The van der Waals surface area contributed by atoms with Crippen molar-refractivity contribution in [1.82, 2.24) is 9.55 Å². The highest BCUT2D eigenvalue weighted by molar-refractivity contribution is 7.99. The minimum absolute atomic E-state index is 0.0593. The van der Waals surface area contributed by atoms with Crippen LogP contribution in [0.4, 0.5) is 0 Å². The van der Waals surface area contributed by atoms with Gasteiger partial charge in [-0.15, -0.1) is 0 Å². The Morgan fingerprint density at radius 2 is 2.46 bits per heavy atom. The highest BCUT2D eigenvalue weighted by Gasteiger charge is 2.07. The number of hydrogen-bond acceptors (Lipinski definition) is 3. The van der Waals surface area contributed by atoms with Crippen molar-refractivity contribution in [1.29, 1.82) is 0 Å². The Morgan fingerprint density at radius 3 is 3.00 bits per heavy atom. The fourth-order valence-corrected chi connectivity index (χ4v) is 1.74. The Labute approximate surface area is 81.0 Å². The lowest BCUT2D eigenvalue weighted by molar-refractivity contribution is -0.133. The van der Waals surface area contributed by atoms with E-state index in [2.05, 4.69) is 4.98 Å². The Bertz CT molecular complexity index is 296. The molecule has 0 saturated heterocycles. The number of carboxylic acids is 1. The van der Waals surface area contributed by atoms with E-state index in [-0.39, 0.29) is 5.75 Å². The predicted molar refractivity (Wildman–Crippen MR) is 51.0 cm³/mol. The zero-order chi connectivity index (χ0) is 9.84. The lowest BCUT2D eigenvalue weighted by Gasteiger charge is -2.09. The molecule has 0 aliphatic heterocycles. The van der Waals surface area contributed by atoms with Crippen LogP contribution < -0.4 is 0 Å². The molecular formula is C8H12N2O2S. The third kappa shape index (κ3) is 2.77. The molecular weight excluding hydrogens is 188 g/mol. The van der Waals surface area contributed by atoms with E-state index in [4.69, 9.17) is 5.11 Å². The summed E-state index contributed by atoms with van der Waals surface area (Å²) in [6.45, 7) is 4.07. The summed E-state index contributed by atoms with van der Waals surface area (Å²) in [7, 11) is 0. The van der Waals surface area contributed by atoms with E-state index in [1.807, 2.05) is 24.6 Å². The highest BCUT2D eigenvalue weighted by Crippen LogP contribution is 2.19. The molecule has 0 atom stereocenters. The van der Waals surface area contributed by atoms with Crippen LogP contribution in [0.2, 0.25) is 0 Å². The smallest absolute Gasteiger partial charge is 0.313 e. The van der Waals surface area contributed by atoms with Crippen molar-refractivity contribution < 1.29 is 9.90 Å². The molecule has 1 aromatic heterocycles. The molecule has 0 saturated carbocycles. The third-order valence-electron chi connectivity index (χ3n) is 1.51. The number of imidazole rings is 1. The minimum Gasteiger partial charge on any atom is -0.481 e. The van der Waals surface area contributed by atoms with E-state index >= 15 is 0 Å². The summed E-state index contributed by atoms with van der Waals surface area (Å²) < 4.78 is 1.95. The van der Waals surface area contributed by atoms with Crippen molar-refractivity contribution in [2.45, 2.75) is 25.0 Å². The average Bonchev–Trinajstić information content (AvgIpc) is 2.47. The van der Waals surface area contributed by atoms with Crippen LogP contribution in [-0.4, -0.2) is 26.4 Å². The van der Waals surface area contributed by atoms with Crippen LogP contribution in [0.15, 0.2) is 17.6 Å². The van der Waals surface area contributed by atoms with Gasteiger partial charge in [0.2, 0.25) is 0 Å². The van der Waals surface area contributed by atoms with Crippen molar-refractivity contribution in [2.75, 3.05) is 5.75 Å². The van der Waals surface area contributed by atoms with Crippen LogP contribution in [0, 0.1) is 0 Å². The number of rotatable bonds is 4. The number of aromatic nitrogens is 2. The second-order valence-electron chi connectivity index (χ2n) is 2.89. The van der Waals surface area contributed by atoms with E-state index < -0.39 is 5.97 Å². The number of hydrogen-bond donors (Lipinski definition) is 1. The van der Waals surface area contributed by atoms with E-state index in [9.17, 15) is 4.79 Å². The highest BCUT2D eigenvalue weighted by atomic mass is 32.2. The molecule has 0 aliphatic carbocycles.